The van der Waals surface area contributed by atoms with E-state index >= 15 is 0 Å². The molecule has 0 spiro atoms. The molecule has 0 aliphatic heterocycles. The molecule has 0 saturated heterocycles. The number of aryl methyl sites for hydroxylation is 1. The summed E-state index contributed by atoms with van der Waals surface area (Å²) in [4.78, 5) is 0. The Kier molecular flexibility index (Phi) is 5.24. The van der Waals surface area contributed by atoms with Gasteiger partial charge in [0, 0.05) is 15.4 Å². The lowest BCUT2D eigenvalue weighted by molar-refractivity contribution is 0.177. The van der Waals surface area contributed by atoms with Crippen LogP contribution in [0.2, 0.25) is 0 Å². The summed E-state index contributed by atoms with van der Waals surface area (Å²) in [5, 5.41) is 10.5. The van der Waals surface area contributed by atoms with E-state index in [4.69, 9.17) is 4.74 Å². The van der Waals surface area contributed by atoms with Gasteiger partial charge in [0.2, 0.25) is 0 Å². The van der Waals surface area contributed by atoms with Gasteiger partial charge in [-0.2, -0.15) is 0 Å². The molecule has 20 heavy (non-hydrogen) atoms. The summed E-state index contributed by atoms with van der Waals surface area (Å²) in [6.45, 7) is 2.00. The summed E-state index contributed by atoms with van der Waals surface area (Å²) in [6, 6.07) is 11.7. The molecule has 0 amide bonds. The normalized spacial score (nSPS) is 12.2. The fraction of sp³-hybridized carbons (Fsp3) is 0.250. The standard InChI is InChI=1S/C16H16Br2O2/c1-10-7-12(17)3-5-14(10)16(19)9-11-8-13(20-2)4-6-15(11)18/h3-8,16,19H,9H2,1-2H3. The Bertz CT molecular complexity index is 611. The zero-order chi connectivity index (χ0) is 14.7. The summed E-state index contributed by atoms with van der Waals surface area (Å²) >= 11 is 6.95. The fourth-order valence-electron chi connectivity index (χ4n) is 2.17. The van der Waals surface area contributed by atoms with E-state index in [0.717, 1.165) is 31.4 Å². The van der Waals surface area contributed by atoms with Gasteiger partial charge in [0.15, 0.2) is 0 Å². The molecule has 0 saturated carbocycles. The van der Waals surface area contributed by atoms with Crippen LogP contribution in [0, 0.1) is 6.92 Å². The smallest absolute Gasteiger partial charge is 0.119 e. The highest BCUT2D eigenvalue weighted by atomic mass is 79.9. The van der Waals surface area contributed by atoms with Crippen LogP contribution >= 0.6 is 31.9 Å². The lowest BCUT2D eigenvalue weighted by Gasteiger charge is -2.15. The summed E-state index contributed by atoms with van der Waals surface area (Å²) in [5.74, 6) is 0.794. The van der Waals surface area contributed by atoms with E-state index in [1.165, 1.54) is 0 Å². The molecule has 4 heteroatoms. The van der Waals surface area contributed by atoms with E-state index in [1.807, 2.05) is 43.3 Å². The van der Waals surface area contributed by atoms with Gasteiger partial charge in [0.05, 0.1) is 13.2 Å². The lowest BCUT2D eigenvalue weighted by atomic mass is 9.98. The molecule has 2 nitrogen and oxygen atoms in total. The van der Waals surface area contributed by atoms with E-state index in [9.17, 15) is 5.11 Å². The monoisotopic (exact) mass is 398 g/mol. The predicted octanol–water partition coefficient (Wildman–Crippen LogP) is 4.80. The third-order valence-corrected chi connectivity index (χ3v) is 4.52. The molecule has 2 rings (SSSR count). The number of methoxy groups -OCH3 is 1. The number of aliphatic hydroxyl groups is 1. The molecule has 0 bridgehead atoms. The van der Waals surface area contributed by atoms with E-state index in [1.54, 1.807) is 7.11 Å². The molecule has 2 aromatic rings. The van der Waals surface area contributed by atoms with Crippen molar-refractivity contribution < 1.29 is 9.84 Å². The van der Waals surface area contributed by atoms with Crippen molar-refractivity contribution in [3.8, 4) is 5.75 Å². The summed E-state index contributed by atoms with van der Waals surface area (Å²) in [5.41, 5.74) is 3.05. The molecular formula is C16H16Br2O2. The first-order valence-electron chi connectivity index (χ1n) is 6.28. The van der Waals surface area contributed by atoms with Crippen LogP contribution in [-0.2, 0) is 6.42 Å². The zero-order valence-corrected chi connectivity index (χ0v) is 14.5. The number of rotatable bonds is 4. The van der Waals surface area contributed by atoms with Crippen molar-refractivity contribution in [3.05, 3.63) is 62.0 Å². The molecule has 0 radical (unpaired) electrons. The minimum Gasteiger partial charge on any atom is -0.497 e. The Hall–Kier alpha value is -0.840. The van der Waals surface area contributed by atoms with Crippen molar-refractivity contribution in [1.29, 1.82) is 0 Å². The van der Waals surface area contributed by atoms with Crippen LogP contribution in [0.3, 0.4) is 0 Å². The predicted molar refractivity (Wildman–Crippen MR) is 88.2 cm³/mol. The molecule has 2 aromatic carbocycles. The largest absolute Gasteiger partial charge is 0.497 e. The van der Waals surface area contributed by atoms with E-state index in [0.29, 0.717) is 6.42 Å². The van der Waals surface area contributed by atoms with E-state index < -0.39 is 6.10 Å². The average Bonchev–Trinajstić information content (AvgIpc) is 2.41. The molecule has 1 unspecified atom stereocenters. The number of hydrogen-bond donors (Lipinski definition) is 1. The molecule has 106 valence electrons. The molecule has 0 aliphatic carbocycles. The fourth-order valence-corrected chi connectivity index (χ4v) is 3.05. The van der Waals surface area contributed by atoms with Gasteiger partial charge in [-0.15, -0.1) is 0 Å². The molecule has 1 atom stereocenters. The quantitative estimate of drug-likeness (QED) is 0.799. The third-order valence-electron chi connectivity index (χ3n) is 3.26. The minimum atomic E-state index is -0.536. The minimum absolute atomic E-state index is 0.536. The first kappa shape index (κ1) is 15.5. The first-order chi connectivity index (χ1) is 9.51. The van der Waals surface area contributed by atoms with Crippen LogP contribution < -0.4 is 4.74 Å². The number of ether oxygens (including phenoxy) is 1. The van der Waals surface area contributed by atoms with Gasteiger partial charge < -0.3 is 9.84 Å². The second kappa shape index (κ2) is 6.74. The molecular weight excluding hydrogens is 384 g/mol. The highest BCUT2D eigenvalue weighted by Gasteiger charge is 2.14. The second-order valence-electron chi connectivity index (χ2n) is 4.68. The number of aliphatic hydroxyl groups excluding tert-OH is 1. The van der Waals surface area contributed by atoms with Crippen LogP contribution in [0.4, 0.5) is 0 Å². The van der Waals surface area contributed by atoms with Crippen molar-refractivity contribution in [2.45, 2.75) is 19.4 Å². The van der Waals surface area contributed by atoms with Crippen molar-refractivity contribution >= 4 is 31.9 Å². The van der Waals surface area contributed by atoms with Gasteiger partial charge in [0.1, 0.15) is 5.75 Å². The van der Waals surface area contributed by atoms with Crippen LogP contribution in [0.1, 0.15) is 22.8 Å². The third kappa shape index (κ3) is 3.62. The molecule has 0 heterocycles. The van der Waals surface area contributed by atoms with Gasteiger partial charge in [-0.25, -0.2) is 0 Å². The van der Waals surface area contributed by atoms with Crippen molar-refractivity contribution in [3.63, 3.8) is 0 Å². The SMILES string of the molecule is COc1ccc(Br)c(CC(O)c2ccc(Br)cc2C)c1. The summed E-state index contributed by atoms with van der Waals surface area (Å²) in [6.07, 6.45) is 0.00628. The Morgan fingerprint density at radius 3 is 2.55 bits per heavy atom. The lowest BCUT2D eigenvalue weighted by Crippen LogP contribution is -2.04. The highest BCUT2D eigenvalue weighted by molar-refractivity contribution is 9.10. The van der Waals surface area contributed by atoms with Crippen molar-refractivity contribution in [1.82, 2.24) is 0 Å². The maximum absolute atomic E-state index is 10.5. The average molecular weight is 400 g/mol. The van der Waals surface area contributed by atoms with Crippen LogP contribution in [0.25, 0.3) is 0 Å². The number of halogens is 2. The maximum Gasteiger partial charge on any atom is 0.119 e. The second-order valence-corrected chi connectivity index (χ2v) is 6.45. The van der Waals surface area contributed by atoms with Gasteiger partial charge in [-0.05, 0) is 53.9 Å². The maximum atomic E-state index is 10.5. The Labute approximate surface area is 136 Å². The van der Waals surface area contributed by atoms with Crippen LogP contribution in [0.5, 0.6) is 5.75 Å². The highest BCUT2D eigenvalue weighted by Crippen LogP contribution is 2.29. The van der Waals surface area contributed by atoms with Crippen molar-refractivity contribution in [2.75, 3.05) is 7.11 Å². The Morgan fingerprint density at radius 2 is 1.90 bits per heavy atom. The molecule has 0 fully saturated rings. The molecule has 0 aliphatic rings. The number of hydrogen-bond acceptors (Lipinski definition) is 2. The van der Waals surface area contributed by atoms with Crippen LogP contribution in [0.15, 0.2) is 45.3 Å². The Morgan fingerprint density at radius 1 is 1.15 bits per heavy atom. The zero-order valence-electron chi connectivity index (χ0n) is 11.4. The summed E-state index contributed by atoms with van der Waals surface area (Å²) in [7, 11) is 1.64. The molecule has 1 N–H and O–H groups in total. The van der Waals surface area contributed by atoms with Gasteiger partial charge in [-0.3, -0.25) is 0 Å². The van der Waals surface area contributed by atoms with Crippen molar-refractivity contribution in [2.24, 2.45) is 0 Å². The Balaban J connectivity index is 2.25. The van der Waals surface area contributed by atoms with Gasteiger partial charge in [0.25, 0.3) is 0 Å². The number of benzene rings is 2. The van der Waals surface area contributed by atoms with Gasteiger partial charge in [-0.1, -0.05) is 37.9 Å². The first-order valence-corrected chi connectivity index (χ1v) is 7.86. The van der Waals surface area contributed by atoms with E-state index in [2.05, 4.69) is 31.9 Å². The van der Waals surface area contributed by atoms with Gasteiger partial charge >= 0.3 is 0 Å². The summed E-state index contributed by atoms with van der Waals surface area (Å²) < 4.78 is 7.23. The molecule has 0 aromatic heterocycles. The van der Waals surface area contributed by atoms with E-state index in [-0.39, 0.29) is 0 Å². The van der Waals surface area contributed by atoms with Crippen LogP contribution in [-0.4, -0.2) is 12.2 Å². The topological polar surface area (TPSA) is 29.5 Å².